The van der Waals surface area contributed by atoms with Crippen LogP contribution in [0.4, 0.5) is 0 Å². The fraction of sp³-hybridized carbons (Fsp3) is 0.0909. The lowest BCUT2D eigenvalue weighted by atomic mass is 10.1. The lowest BCUT2D eigenvalue weighted by Crippen LogP contribution is -2.47. The third-order valence-electron chi connectivity index (χ3n) is 3.63. The molecule has 0 aliphatic carbocycles. The molecule has 3 rings (SSSR count). The molecule has 0 saturated carbocycles. The van der Waals surface area contributed by atoms with Crippen LogP contribution in [0.25, 0.3) is 0 Å². The summed E-state index contributed by atoms with van der Waals surface area (Å²) in [5.41, 5.74) is 7.24. The van der Waals surface area contributed by atoms with E-state index in [1.165, 1.54) is 17.7 Å². The van der Waals surface area contributed by atoms with Gasteiger partial charge < -0.3 is 15.6 Å². The number of quaternary nitrogens is 1. The minimum absolute atomic E-state index is 0.176. The predicted octanol–water partition coefficient (Wildman–Crippen LogP) is 2.10. The molecule has 0 fully saturated rings. The highest BCUT2D eigenvalue weighted by atomic mass is 16.4. The Balaban J connectivity index is 0.000000254. The number of carboxylic acid groups (broad SMARTS) is 1. The average molecular weight is 346 g/mol. The van der Waals surface area contributed by atoms with Crippen LogP contribution < -0.4 is 10.8 Å². The van der Waals surface area contributed by atoms with Crippen molar-refractivity contribution in [3.05, 3.63) is 107 Å². The molecular formula is C22H22N2O2. The van der Waals surface area contributed by atoms with Crippen LogP contribution in [0.15, 0.2) is 89.9 Å². The third kappa shape index (κ3) is 6.71. The summed E-state index contributed by atoms with van der Waals surface area (Å²) in [7, 11) is 0. The van der Waals surface area contributed by atoms with Gasteiger partial charge in [0.25, 0.3) is 0 Å². The molecule has 0 spiro atoms. The lowest BCUT2D eigenvalue weighted by molar-refractivity contribution is -0.386. The molecule has 0 aromatic heterocycles. The third-order valence-corrected chi connectivity index (χ3v) is 3.63. The normalized spacial score (nSPS) is 10.2. The van der Waals surface area contributed by atoms with E-state index in [-0.39, 0.29) is 5.56 Å². The molecule has 0 radical (unpaired) electrons. The van der Waals surface area contributed by atoms with Crippen molar-refractivity contribution in [2.45, 2.75) is 13.1 Å². The van der Waals surface area contributed by atoms with Crippen LogP contribution >= 0.6 is 0 Å². The van der Waals surface area contributed by atoms with E-state index in [1.54, 1.807) is 18.3 Å². The second kappa shape index (κ2) is 10.6. The van der Waals surface area contributed by atoms with Crippen LogP contribution in [-0.4, -0.2) is 12.2 Å². The standard InChI is InChI=1S/C15H13NO2.C7H9N/c17-15(18)14-8-6-13(7-9-14)11-16-10-12-4-2-1-3-5-12;8-6-7-4-2-1-3-5-7/h1-9,11H,10H2,(H,17,18);1-5H,6,8H2. The molecule has 3 aromatic carbocycles. The van der Waals surface area contributed by atoms with Crippen LogP contribution in [0.5, 0.6) is 0 Å². The van der Waals surface area contributed by atoms with E-state index in [0.29, 0.717) is 6.54 Å². The fourth-order valence-corrected chi connectivity index (χ4v) is 2.19. The summed E-state index contributed by atoms with van der Waals surface area (Å²) in [5, 5.41) is 10.6. The monoisotopic (exact) mass is 346 g/mol. The van der Waals surface area contributed by atoms with Gasteiger partial charge in [0, 0.05) is 11.8 Å². The number of hydrogen-bond acceptors (Lipinski definition) is 3. The predicted molar refractivity (Wildman–Crippen MR) is 102 cm³/mol. The SMILES string of the molecule is O=C([O-])c1ccc(C=NCc2ccccc2)cc1.[NH3+]Cc1ccccc1. The number of carbonyl (C=O) groups is 1. The molecule has 3 N–H and O–H groups in total. The molecule has 0 unspecified atom stereocenters. The Morgan fingerprint density at radius 3 is 1.85 bits per heavy atom. The summed E-state index contributed by atoms with van der Waals surface area (Å²) in [6, 6.07) is 26.6. The molecule has 0 aliphatic rings. The summed E-state index contributed by atoms with van der Waals surface area (Å²) in [4.78, 5) is 14.9. The van der Waals surface area contributed by atoms with E-state index >= 15 is 0 Å². The molecule has 0 atom stereocenters. The van der Waals surface area contributed by atoms with E-state index in [4.69, 9.17) is 0 Å². The van der Waals surface area contributed by atoms with Gasteiger partial charge in [0.1, 0.15) is 0 Å². The summed E-state index contributed by atoms with van der Waals surface area (Å²) >= 11 is 0. The topological polar surface area (TPSA) is 80.1 Å². The first kappa shape index (κ1) is 19.1. The Morgan fingerprint density at radius 2 is 1.38 bits per heavy atom. The Bertz CT molecular complexity index is 814. The summed E-state index contributed by atoms with van der Waals surface area (Å²) in [5.74, 6) is -1.16. The molecule has 0 bridgehead atoms. The van der Waals surface area contributed by atoms with E-state index < -0.39 is 5.97 Å². The van der Waals surface area contributed by atoms with Gasteiger partial charge in [0.15, 0.2) is 0 Å². The van der Waals surface area contributed by atoms with Crippen LogP contribution in [0.1, 0.15) is 27.0 Å². The first-order valence-corrected chi connectivity index (χ1v) is 8.37. The van der Waals surface area contributed by atoms with Gasteiger partial charge in [0.2, 0.25) is 0 Å². The van der Waals surface area contributed by atoms with Crippen LogP contribution in [-0.2, 0) is 13.1 Å². The highest BCUT2D eigenvalue weighted by Crippen LogP contribution is 2.03. The Hall–Kier alpha value is -3.24. The van der Waals surface area contributed by atoms with E-state index in [0.717, 1.165) is 17.7 Å². The zero-order valence-electron chi connectivity index (χ0n) is 14.5. The van der Waals surface area contributed by atoms with Crippen molar-refractivity contribution in [2.75, 3.05) is 0 Å². The molecule has 4 nitrogen and oxygen atoms in total. The maximum atomic E-state index is 10.6. The number of carbonyl (C=O) groups excluding carboxylic acids is 1. The second-order valence-electron chi connectivity index (χ2n) is 5.60. The molecule has 26 heavy (non-hydrogen) atoms. The molecule has 0 heterocycles. The van der Waals surface area contributed by atoms with Crippen molar-refractivity contribution in [1.82, 2.24) is 0 Å². The van der Waals surface area contributed by atoms with E-state index in [2.05, 4.69) is 22.9 Å². The fourth-order valence-electron chi connectivity index (χ4n) is 2.19. The smallest absolute Gasteiger partial charge is 0.0997 e. The zero-order chi connectivity index (χ0) is 18.6. The lowest BCUT2D eigenvalue weighted by Gasteiger charge is -2.01. The molecule has 4 heteroatoms. The van der Waals surface area contributed by atoms with Crippen LogP contribution in [0, 0.1) is 0 Å². The van der Waals surface area contributed by atoms with Gasteiger partial charge in [-0.2, -0.15) is 0 Å². The summed E-state index contributed by atoms with van der Waals surface area (Å²) in [6.07, 6.45) is 1.73. The van der Waals surface area contributed by atoms with E-state index in [1.807, 2.05) is 48.5 Å². The van der Waals surface area contributed by atoms with Gasteiger partial charge in [-0.05, 0) is 16.7 Å². The largest absolute Gasteiger partial charge is 0.545 e. The number of aromatic carboxylic acids is 1. The number of hydrogen-bond donors (Lipinski definition) is 1. The van der Waals surface area contributed by atoms with E-state index in [9.17, 15) is 9.90 Å². The van der Waals surface area contributed by atoms with Crippen molar-refractivity contribution < 1.29 is 15.6 Å². The number of carboxylic acids is 1. The molecular weight excluding hydrogens is 324 g/mol. The minimum atomic E-state index is -1.16. The second-order valence-corrected chi connectivity index (χ2v) is 5.60. The van der Waals surface area contributed by atoms with Crippen LogP contribution in [0.3, 0.4) is 0 Å². The molecule has 132 valence electrons. The van der Waals surface area contributed by atoms with Crippen molar-refractivity contribution in [2.24, 2.45) is 4.99 Å². The summed E-state index contributed by atoms with van der Waals surface area (Å²) in [6.45, 7) is 1.50. The maximum absolute atomic E-state index is 10.6. The number of aliphatic imine (C=N–C) groups is 1. The van der Waals surface area contributed by atoms with Gasteiger partial charge in [-0.25, -0.2) is 0 Å². The van der Waals surface area contributed by atoms with Gasteiger partial charge in [-0.15, -0.1) is 0 Å². The summed E-state index contributed by atoms with van der Waals surface area (Å²) < 4.78 is 0. The van der Waals surface area contributed by atoms with Crippen LogP contribution in [0.2, 0.25) is 0 Å². The van der Waals surface area contributed by atoms with Gasteiger partial charge in [-0.1, -0.05) is 84.9 Å². The minimum Gasteiger partial charge on any atom is -0.545 e. The molecule has 0 saturated heterocycles. The van der Waals surface area contributed by atoms with Gasteiger partial charge >= 0.3 is 0 Å². The highest BCUT2D eigenvalue weighted by molar-refractivity contribution is 5.87. The van der Waals surface area contributed by atoms with Gasteiger partial charge in [-0.3, -0.25) is 4.99 Å². The van der Waals surface area contributed by atoms with Crippen molar-refractivity contribution >= 4 is 12.2 Å². The first-order valence-electron chi connectivity index (χ1n) is 8.37. The number of rotatable bonds is 5. The van der Waals surface area contributed by atoms with Crippen molar-refractivity contribution in [3.63, 3.8) is 0 Å². The number of benzene rings is 3. The molecule has 0 amide bonds. The van der Waals surface area contributed by atoms with Gasteiger partial charge in [0.05, 0.1) is 19.1 Å². The number of nitrogens with zero attached hydrogens (tertiary/aromatic N) is 1. The Labute approximate surface area is 153 Å². The molecule has 0 aliphatic heterocycles. The quantitative estimate of drug-likeness (QED) is 0.718. The molecule has 3 aromatic rings. The van der Waals surface area contributed by atoms with Crippen molar-refractivity contribution in [3.8, 4) is 0 Å². The first-order chi connectivity index (χ1) is 12.7. The Kier molecular flexibility index (Phi) is 7.77. The van der Waals surface area contributed by atoms with Crippen molar-refractivity contribution in [1.29, 1.82) is 0 Å². The maximum Gasteiger partial charge on any atom is 0.0997 e. The zero-order valence-corrected chi connectivity index (χ0v) is 14.5. The Morgan fingerprint density at radius 1 is 0.846 bits per heavy atom. The highest BCUT2D eigenvalue weighted by Gasteiger charge is 1.93. The average Bonchev–Trinajstić information content (AvgIpc) is 2.70.